The summed E-state index contributed by atoms with van der Waals surface area (Å²) in [5, 5.41) is 4.34. The first-order valence-corrected chi connectivity index (χ1v) is 9.73. The van der Waals surface area contributed by atoms with Gasteiger partial charge in [-0.05, 0) is 48.9 Å². The molecule has 0 unspecified atom stereocenters. The van der Waals surface area contributed by atoms with E-state index in [0.717, 1.165) is 48.9 Å². The predicted octanol–water partition coefficient (Wildman–Crippen LogP) is 4.61. The second-order valence-electron chi connectivity index (χ2n) is 7.91. The molecule has 1 aromatic heterocycles. The van der Waals surface area contributed by atoms with Crippen molar-refractivity contribution in [3.05, 3.63) is 46.4 Å². The smallest absolute Gasteiger partial charge is 0.143 e. The van der Waals surface area contributed by atoms with Crippen molar-refractivity contribution in [1.29, 1.82) is 0 Å². The molecule has 1 aromatic carbocycles. The summed E-state index contributed by atoms with van der Waals surface area (Å²) >= 11 is 6.25. The average Bonchev–Trinajstić information content (AvgIpc) is 3.14. The van der Waals surface area contributed by atoms with Crippen LogP contribution in [-0.2, 0) is 5.41 Å². The van der Waals surface area contributed by atoms with Crippen LogP contribution in [0.25, 0.3) is 0 Å². The highest BCUT2D eigenvalue weighted by Crippen LogP contribution is 2.48. The van der Waals surface area contributed by atoms with Crippen LogP contribution in [0, 0.1) is 0 Å². The van der Waals surface area contributed by atoms with Gasteiger partial charge in [0.1, 0.15) is 18.3 Å². The number of alkyl halides is 1. The van der Waals surface area contributed by atoms with E-state index >= 15 is 0 Å². The van der Waals surface area contributed by atoms with E-state index < -0.39 is 6.17 Å². The Bertz CT molecular complexity index is 863. The van der Waals surface area contributed by atoms with Crippen LogP contribution in [0.15, 0.2) is 24.5 Å². The summed E-state index contributed by atoms with van der Waals surface area (Å²) in [5.74, 6) is 1.12. The summed E-state index contributed by atoms with van der Waals surface area (Å²) in [6, 6.07) is 6.14. The second-order valence-corrected chi connectivity index (χ2v) is 8.35. The van der Waals surface area contributed by atoms with Crippen molar-refractivity contribution < 1.29 is 4.39 Å². The van der Waals surface area contributed by atoms with Crippen LogP contribution < -0.4 is 10.2 Å². The fraction of sp³-hybridized carbons (Fsp3) is 0.500. The zero-order valence-electron chi connectivity index (χ0n) is 14.8. The van der Waals surface area contributed by atoms with Gasteiger partial charge in [-0.15, -0.1) is 0 Å². The zero-order chi connectivity index (χ0) is 17.9. The molecule has 0 amide bonds. The molecular weight excluding hydrogens is 351 g/mol. The SMILES string of the molecule is C[C@@H]1C[C@@H](F)c2ncnc(N3CCC4(CC3)CNc3ccc(Cl)cc34)c21. The van der Waals surface area contributed by atoms with Crippen molar-refractivity contribution in [1.82, 2.24) is 9.97 Å². The van der Waals surface area contributed by atoms with E-state index in [-0.39, 0.29) is 11.3 Å². The largest absolute Gasteiger partial charge is 0.384 e. The third-order valence-electron chi connectivity index (χ3n) is 6.43. The Kier molecular flexibility index (Phi) is 3.64. The van der Waals surface area contributed by atoms with E-state index in [9.17, 15) is 4.39 Å². The molecular formula is C20H22ClFN4. The van der Waals surface area contributed by atoms with E-state index in [1.54, 1.807) is 0 Å². The van der Waals surface area contributed by atoms with Crippen molar-refractivity contribution in [3.8, 4) is 0 Å². The van der Waals surface area contributed by atoms with Crippen LogP contribution in [-0.4, -0.2) is 29.6 Å². The molecule has 0 bridgehead atoms. The Morgan fingerprint density at radius 2 is 2.08 bits per heavy atom. The molecule has 1 fully saturated rings. The normalized spacial score (nSPS) is 25.9. The van der Waals surface area contributed by atoms with Crippen molar-refractivity contribution in [2.45, 2.75) is 43.7 Å². The Morgan fingerprint density at radius 3 is 2.88 bits per heavy atom. The van der Waals surface area contributed by atoms with Crippen molar-refractivity contribution in [2.75, 3.05) is 29.9 Å². The van der Waals surface area contributed by atoms with Crippen LogP contribution in [0.1, 0.15) is 55.1 Å². The van der Waals surface area contributed by atoms with E-state index in [2.05, 4.69) is 39.2 Å². The number of nitrogens with zero attached hydrogens (tertiary/aromatic N) is 3. The van der Waals surface area contributed by atoms with Gasteiger partial charge in [0.2, 0.25) is 0 Å². The van der Waals surface area contributed by atoms with Gasteiger partial charge in [-0.1, -0.05) is 18.5 Å². The fourth-order valence-electron chi connectivity index (χ4n) is 4.98. The molecule has 5 rings (SSSR count). The van der Waals surface area contributed by atoms with Gasteiger partial charge in [-0.2, -0.15) is 0 Å². The van der Waals surface area contributed by atoms with Gasteiger partial charge in [0.15, 0.2) is 0 Å². The minimum Gasteiger partial charge on any atom is -0.384 e. The molecule has 1 saturated heterocycles. The summed E-state index contributed by atoms with van der Waals surface area (Å²) in [6.45, 7) is 4.87. The minimum absolute atomic E-state index is 0.140. The topological polar surface area (TPSA) is 41.1 Å². The van der Waals surface area contributed by atoms with Gasteiger partial charge in [-0.25, -0.2) is 14.4 Å². The number of aromatic nitrogens is 2. The van der Waals surface area contributed by atoms with Crippen LogP contribution in [0.3, 0.4) is 0 Å². The van der Waals surface area contributed by atoms with Gasteiger partial charge in [0, 0.05) is 41.3 Å². The predicted molar refractivity (Wildman–Crippen MR) is 102 cm³/mol. The molecule has 2 aromatic rings. The van der Waals surface area contributed by atoms with Gasteiger partial charge < -0.3 is 10.2 Å². The summed E-state index contributed by atoms with van der Waals surface area (Å²) < 4.78 is 14.2. The van der Waals surface area contributed by atoms with E-state index in [0.29, 0.717) is 12.1 Å². The molecule has 0 radical (unpaired) electrons. The molecule has 3 aliphatic rings. The number of benzene rings is 1. The number of fused-ring (bicyclic) bond motifs is 3. The molecule has 2 atom stereocenters. The van der Waals surface area contributed by atoms with Crippen molar-refractivity contribution >= 4 is 23.1 Å². The Balaban J connectivity index is 1.43. The highest BCUT2D eigenvalue weighted by Gasteiger charge is 2.43. The number of rotatable bonds is 1. The van der Waals surface area contributed by atoms with Crippen molar-refractivity contribution in [2.24, 2.45) is 0 Å². The maximum atomic E-state index is 14.2. The van der Waals surface area contributed by atoms with Crippen LogP contribution in [0.4, 0.5) is 15.9 Å². The lowest BCUT2D eigenvalue weighted by Gasteiger charge is -2.40. The number of anilines is 2. The highest BCUT2D eigenvalue weighted by atomic mass is 35.5. The lowest BCUT2D eigenvalue weighted by Crippen LogP contribution is -2.44. The number of hydrogen-bond acceptors (Lipinski definition) is 4. The molecule has 0 saturated carbocycles. The molecule has 1 aliphatic carbocycles. The van der Waals surface area contributed by atoms with E-state index in [1.807, 2.05) is 6.07 Å². The van der Waals surface area contributed by atoms with Crippen LogP contribution >= 0.6 is 11.6 Å². The fourth-order valence-corrected chi connectivity index (χ4v) is 5.15. The zero-order valence-corrected chi connectivity index (χ0v) is 15.6. The lowest BCUT2D eigenvalue weighted by molar-refractivity contribution is 0.326. The number of nitrogens with one attached hydrogen (secondary N) is 1. The van der Waals surface area contributed by atoms with Gasteiger partial charge >= 0.3 is 0 Å². The molecule has 2 aliphatic heterocycles. The maximum Gasteiger partial charge on any atom is 0.143 e. The summed E-state index contributed by atoms with van der Waals surface area (Å²) in [4.78, 5) is 11.1. The minimum atomic E-state index is -0.953. The number of halogens is 2. The lowest BCUT2D eigenvalue weighted by atomic mass is 9.74. The molecule has 1 N–H and O–H groups in total. The van der Waals surface area contributed by atoms with E-state index in [1.165, 1.54) is 17.6 Å². The first kappa shape index (κ1) is 16.3. The van der Waals surface area contributed by atoms with Crippen LogP contribution in [0.2, 0.25) is 5.02 Å². The first-order chi connectivity index (χ1) is 12.6. The quantitative estimate of drug-likeness (QED) is 0.793. The Morgan fingerprint density at radius 1 is 1.27 bits per heavy atom. The average molecular weight is 373 g/mol. The molecule has 136 valence electrons. The molecule has 4 nitrogen and oxygen atoms in total. The molecule has 1 spiro atoms. The third kappa shape index (κ3) is 2.33. The van der Waals surface area contributed by atoms with Crippen LogP contribution in [0.5, 0.6) is 0 Å². The summed E-state index contributed by atoms with van der Waals surface area (Å²) in [7, 11) is 0. The number of hydrogen-bond donors (Lipinski definition) is 1. The maximum absolute atomic E-state index is 14.2. The Labute approximate surface area is 157 Å². The Hall–Kier alpha value is -1.88. The van der Waals surface area contributed by atoms with Gasteiger partial charge in [0.05, 0.1) is 5.69 Å². The number of piperidine rings is 1. The second kappa shape index (κ2) is 5.81. The standard InChI is InChI=1S/C20H22ClFN4/c1-12-8-15(22)18-17(12)19(25-11-24-18)26-6-4-20(5-7-26)10-23-16-3-2-13(21)9-14(16)20/h2-3,9,11-12,15,23H,4-8,10H2,1H3/t12-,15-/m1/s1. The highest BCUT2D eigenvalue weighted by molar-refractivity contribution is 6.30. The van der Waals surface area contributed by atoms with Crippen molar-refractivity contribution in [3.63, 3.8) is 0 Å². The van der Waals surface area contributed by atoms with E-state index in [4.69, 9.17) is 11.6 Å². The first-order valence-electron chi connectivity index (χ1n) is 9.35. The molecule has 26 heavy (non-hydrogen) atoms. The molecule has 6 heteroatoms. The monoisotopic (exact) mass is 372 g/mol. The van der Waals surface area contributed by atoms with Gasteiger partial charge in [-0.3, -0.25) is 0 Å². The third-order valence-corrected chi connectivity index (χ3v) is 6.67. The summed E-state index contributed by atoms with van der Waals surface area (Å²) in [6.07, 6.45) is 3.18. The van der Waals surface area contributed by atoms with Gasteiger partial charge in [0.25, 0.3) is 0 Å². The summed E-state index contributed by atoms with van der Waals surface area (Å²) in [5.41, 5.74) is 4.31. The molecule has 3 heterocycles.